The van der Waals surface area contributed by atoms with Gasteiger partial charge in [0.15, 0.2) is 0 Å². The number of pyridine rings is 1. The number of carbonyl (C=O) groups is 2. The Morgan fingerprint density at radius 2 is 2.05 bits per heavy atom. The van der Waals surface area contributed by atoms with E-state index in [-0.39, 0.29) is 11.5 Å². The van der Waals surface area contributed by atoms with Crippen molar-refractivity contribution in [2.45, 2.75) is 26.3 Å². The molecule has 2 atom stereocenters. The third-order valence-corrected chi connectivity index (χ3v) is 3.30. The molecule has 0 aliphatic carbocycles. The van der Waals surface area contributed by atoms with Crippen molar-refractivity contribution in [3.63, 3.8) is 0 Å². The van der Waals surface area contributed by atoms with Gasteiger partial charge in [-0.05, 0) is 12.0 Å². The summed E-state index contributed by atoms with van der Waals surface area (Å²) in [6.07, 6.45) is 2.16. The second kappa shape index (κ2) is 6.88. The minimum Gasteiger partial charge on any atom is -0.467 e. The van der Waals surface area contributed by atoms with Gasteiger partial charge in [-0.2, -0.15) is 0 Å². The van der Waals surface area contributed by atoms with E-state index in [1.807, 2.05) is 13.8 Å². The lowest BCUT2D eigenvalue weighted by molar-refractivity contribution is -0.144. The number of nitrogens with zero attached hydrogens (tertiary/aromatic N) is 1. The third kappa shape index (κ3) is 3.69. The van der Waals surface area contributed by atoms with Gasteiger partial charge in [0.2, 0.25) is 5.56 Å². The summed E-state index contributed by atoms with van der Waals surface area (Å²) in [5, 5.41) is 2.65. The van der Waals surface area contributed by atoms with Crippen LogP contribution in [0.15, 0.2) is 23.1 Å². The van der Waals surface area contributed by atoms with Gasteiger partial charge in [-0.3, -0.25) is 9.59 Å². The van der Waals surface area contributed by atoms with Crippen LogP contribution in [0.25, 0.3) is 0 Å². The fourth-order valence-electron chi connectivity index (χ4n) is 1.75. The van der Waals surface area contributed by atoms with Gasteiger partial charge in [0.1, 0.15) is 6.04 Å². The van der Waals surface area contributed by atoms with E-state index in [4.69, 9.17) is 4.74 Å². The van der Waals surface area contributed by atoms with Gasteiger partial charge >= 0.3 is 5.97 Å². The number of aryl methyl sites for hydroxylation is 1. The van der Waals surface area contributed by atoms with E-state index in [2.05, 4.69) is 5.32 Å². The van der Waals surface area contributed by atoms with Crippen LogP contribution in [0.2, 0.25) is 0 Å². The minimum atomic E-state index is -0.699. The molecule has 6 heteroatoms. The second-order valence-corrected chi connectivity index (χ2v) is 4.73. The molecule has 0 aliphatic rings. The van der Waals surface area contributed by atoms with E-state index in [0.29, 0.717) is 5.56 Å². The lowest BCUT2D eigenvalue weighted by atomic mass is 9.99. The normalized spacial score (nSPS) is 13.4. The Balaban J connectivity index is 2.92. The number of methoxy groups -OCH3 is 1. The minimum absolute atomic E-state index is 0.0427. The molecule has 1 rings (SSSR count). The number of nitrogens with one attached hydrogen (secondary N) is 1. The van der Waals surface area contributed by atoms with E-state index < -0.39 is 17.9 Å². The Kier molecular flexibility index (Phi) is 5.49. The van der Waals surface area contributed by atoms with E-state index in [9.17, 15) is 14.4 Å². The average molecular weight is 280 g/mol. The summed E-state index contributed by atoms with van der Waals surface area (Å²) < 4.78 is 6.02. The summed E-state index contributed by atoms with van der Waals surface area (Å²) >= 11 is 0. The molecule has 1 N–H and O–H groups in total. The fraction of sp³-hybridized carbons (Fsp3) is 0.500. The highest BCUT2D eigenvalue weighted by atomic mass is 16.5. The highest BCUT2D eigenvalue weighted by molar-refractivity contribution is 5.96. The van der Waals surface area contributed by atoms with Gasteiger partial charge < -0.3 is 14.6 Å². The Morgan fingerprint density at radius 1 is 1.40 bits per heavy atom. The van der Waals surface area contributed by atoms with Crippen LogP contribution in [-0.4, -0.2) is 29.6 Å². The van der Waals surface area contributed by atoms with Gasteiger partial charge in [-0.15, -0.1) is 0 Å². The summed E-state index contributed by atoms with van der Waals surface area (Å²) in [7, 11) is 2.85. The highest BCUT2D eigenvalue weighted by Crippen LogP contribution is 2.10. The smallest absolute Gasteiger partial charge is 0.328 e. The summed E-state index contributed by atoms with van der Waals surface area (Å²) in [5.41, 5.74) is 0.123. The monoisotopic (exact) mass is 280 g/mol. The molecular weight excluding hydrogens is 260 g/mol. The van der Waals surface area contributed by atoms with Gasteiger partial charge in [0, 0.05) is 19.3 Å². The quantitative estimate of drug-likeness (QED) is 0.806. The Hall–Kier alpha value is -2.11. The van der Waals surface area contributed by atoms with Crippen molar-refractivity contribution in [1.29, 1.82) is 0 Å². The predicted octanol–water partition coefficient (Wildman–Crippen LogP) is 0.703. The van der Waals surface area contributed by atoms with Crippen LogP contribution in [0.4, 0.5) is 0 Å². The molecule has 110 valence electrons. The first kappa shape index (κ1) is 15.9. The Morgan fingerprint density at radius 3 is 2.55 bits per heavy atom. The first-order chi connectivity index (χ1) is 9.40. The van der Waals surface area contributed by atoms with Crippen molar-refractivity contribution in [3.05, 3.63) is 34.2 Å². The van der Waals surface area contributed by atoms with Gasteiger partial charge in [0.05, 0.1) is 12.7 Å². The molecule has 0 saturated heterocycles. The topological polar surface area (TPSA) is 77.4 Å². The van der Waals surface area contributed by atoms with Crippen molar-refractivity contribution < 1.29 is 14.3 Å². The number of aromatic nitrogens is 1. The molecule has 0 aromatic carbocycles. The predicted molar refractivity (Wildman–Crippen MR) is 74.4 cm³/mol. The maximum absolute atomic E-state index is 12.1. The molecule has 0 bridgehead atoms. The van der Waals surface area contributed by atoms with Crippen LogP contribution in [0, 0.1) is 5.92 Å². The highest BCUT2D eigenvalue weighted by Gasteiger charge is 2.27. The molecule has 1 aromatic rings. The number of rotatable bonds is 5. The van der Waals surface area contributed by atoms with Crippen molar-refractivity contribution >= 4 is 11.9 Å². The summed E-state index contributed by atoms with van der Waals surface area (Å²) in [5.74, 6) is -0.923. The molecule has 20 heavy (non-hydrogen) atoms. The molecular formula is C14H20N2O4. The standard InChI is InChI=1S/C14H20N2O4/c1-5-9(2)12(14(19)20-4)15-13(18)10-6-7-11(17)16(3)8-10/h6-9,12H,5H2,1-4H3,(H,15,18)/t9-,12-/m0/s1. The Bertz CT molecular complexity index is 550. The van der Waals surface area contributed by atoms with Gasteiger partial charge in [0.25, 0.3) is 5.91 Å². The number of esters is 1. The molecule has 0 radical (unpaired) electrons. The molecule has 0 aliphatic heterocycles. The molecule has 1 amide bonds. The maximum Gasteiger partial charge on any atom is 0.328 e. The van der Waals surface area contributed by atoms with E-state index in [1.165, 1.54) is 30.0 Å². The maximum atomic E-state index is 12.1. The molecule has 0 saturated carbocycles. The molecule has 6 nitrogen and oxygen atoms in total. The largest absolute Gasteiger partial charge is 0.467 e. The van der Waals surface area contributed by atoms with E-state index in [0.717, 1.165) is 6.42 Å². The molecule has 1 aromatic heterocycles. The molecule has 0 unspecified atom stereocenters. The van der Waals surface area contributed by atoms with Crippen LogP contribution in [-0.2, 0) is 16.6 Å². The van der Waals surface area contributed by atoms with Crippen LogP contribution in [0.5, 0.6) is 0 Å². The molecule has 0 spiro atoms. The first-order valence-electron chi connectivity index (χ1n) is 6.46. The summed E-state index contributed by atoms with van der Waals surface area (Å²) in [6, 6.07) is 2.04. The lowest BCUT2D eigenvalue weighted by Gasteiger charge is -2.21. The van der Waals surface area contributed by atoms with Crippen molar-refractivity contribution in [2.75, 3.05) is 7.11 Å². The number of carbonyl (C=O) groups excluding carboxylic acids is 2. The first-order valence-corrected chi connectivity index (χ1v) is 6.46. The van der Waals surface area contributed by atoms with E-state index >= 15 is 0 Å². The van der Waals surface area contributed by atoms with Crippen LogP contribution in [0.3, 0.4) is 0 Å². The lowest BCUT2D eigenvalue weighted by Crippen LogP contribution is -2.45. The van der Waals surface area contributed by atoms with Crippen LogP contribution in [0.1, 0.15) is 30.6 Å². The zero-order valence-electron chi connectivity index (χ0n) is 12.2. The third-order valence-electron chi connectivity index (χ3n) is 3.30. The van der Waals surface area contributed by atoms with Gasteiger partial charge in [-0.1, -0.05) is 20.3 Å². The van der Waals surface area contributed by atoms with E-state index in [1.54, 1.807) is 7.05 Å². The van der Waals surface area contributed by atoms with Crippen LogP contribution >= 0.6 is 0 Å². The van der Waals surface area contributed by atoms with Crippen molar-refractivity contribution in [3.8, 4) is 0 Å². The van der Waals surface area contributed by atoms with Crippen molar-refractivity contribution in [2.24, 2.45) is 13.0 Å². The zero-order valence-corrected chi connectivity index (χ0v) is 12.2. The van der Waals surface area contributed by atoms with Gasteiger partial charge in [-0.25, -0.2) is 4.79 Å². The number of hydrogen-bond donors (Lipinski definition) is 1. The second-order valence-electron chi connectivity index (χ2n) is 4.73. The molecule has 1 heterocycles. The number of amides is 1. The number of ether oxygens (including phenoxy) is 1. The van der Waals surface area contributed by atoms with Crippen LogP contribution < -0.4 is 10.9 Å². The average Bonchev–Trinajstić information content (AvgIpc) is 2.45. The summed E-state index contributed by atoms with van der Waals surface area (Å²) in [6.45, 7) is 3.79. The number of hydrogen-bond acceptors (Lipinski definition) is 4. The SMILES string of the molecule is CC[C@H](C)[C@H](NC(=O)c1ccc(=O)n(C)c1)C(=O)OC. The van der Waals surface area contributed by atoms with Crippen molar-refractivity contribution in [1.82, 2.24) is 9.88 Å². The Labute approximate surface area is 117 Å². The zero-order chi connectivity index (χ0) is 15.3. The fourth-order valence-corrected chi connectivity index (χ4v) is 1.75. The summed E-state index contributed by atoms with van der Waals surface area (Å²) in [4.78, 5) is 35.1. The molecule has 0 fully saturated rings.